The molecule has 0 N–H and O–H groups in total. The zero-order chi connectivity index (χ0) is 17.4. The molecule has 4 aromatic rings. The Hall–Kier alpha value is -3.02. The summed E-state index contributed by atoms with van der Waals surface area (Å²) in [4.78, 5) is 13.0. The van der Waals surface area contributed by atoms with Crippen LogP contribution in [0.5, 0.6) is 0 Å². The third-order valence-corrected chi connectivity index (χ3v) is 4.42. The summed E-state index contributed by atoms with van der Waals surface area (Å²) in [5.41, 5.74) is 4.77. The highest BCUT2D eigenvalue weighted by Crippen LogP contribution is 2.19. The third-order valence-electron chi connectivity index (χ3n) is 4.42. The Morgan fingerprint density at radius 1 is 1.12 bits per heavy atom. The fourth-order valence-corrected chi connectivity index (χ4v) is 2.99. The first-order chi connectivity index (χ1) is 12.2. The zero-order valence-electron chi connectivity index (χ0n) is 14.1. The predicted octanol–water partition coefficient (Wildman–Crippen LogP) is 3.65. The van der Waals surface area contributed by atoms with Gasteiger partial charge in [0.15, 0.2) is 5.82 Å². The lowest BCUT2D eigenvalue weighted by Gasteiger charge is -2.06. The Kier molecular flexibility index (Phi) is 3.80. The van der Waals surface area contributed by atoms with E-state index < -0.39 is 5.95 Å². The van der Waals surface area contributed by atoms with Crippen molar-refractivity contribution in [3.8, 4) is 11.5 Å². The molecular weight excluding hydrogens is 317 g/mol. The molecule has 5 nitrogen and oxygen atoms in total. The highest BCUT2D eigenvalue weighted by molar-refractivity contribution is 5.50. The SMILES string of the molecule is CCc1ccn2c(C)c(Cn3ccnc3-c3cccc(F)n3)nc2c1. The Balaban J connectivity index is 1.73. The van der Waals surface area contributed by atoms with E-state index in [4.69, 9.17) is 4.98 Å². The van der Waals surface area contributed by atoms with Crippen LogP contribution in [0.3, 0.4) is 0 Å². The summed E-state index contributed by atoms with van der Waals surface area (Å²) in [6.07, 6.45) is 6.60. The Labute approximate surface area is 144 Å². The van der Waals surface area contributed by atoms with Crippen molar-refractivity contribution in [2.45, 2.75) is 26.8 Å². The largest absolute Gasteiger partial charge is 0.324 e. The van der Waals surface area contributed by atoms with E-state index >= 15 is 0 Å². The van der Waals surface area contributed by atoms with Crippen molar-refractivity contribution in [1.29, 1.82) is 0 Å². The molecule has 0 bridgehead atoms. The van der Waals surface area contributed by atoms with Gasteiger partial charge in [-0.2, -0.15) is 4.39 Å². The lowest BCUT2D eigenvalue weighted by Crippen LogP contribution is -2.04. The van der Waals surface area contributed by atoms with Crippen LogP contribution in [0.1, 0.15) is 23.9 Å². The average Bonchev–Trinajstić information content (AvgIpc) is 3.20. The van der Waals surface area contributed by atoms with Crippen molar-refractivity contribution in [3.05, 3.63) is 71.8 Å². The van der Waals surface area contributed by atoms with E-state index in [9.17, 15) is 4.39 Å². The number of halogens is 1. The number of hydrogen-bond acceptors (Lipinski definition) is 3. The first-order valence-corrected chi connectivity index (χ1v) is 8.26. The maximum Gasteiger partial charge on any atom is 0.213 e. The molecule has 0 aliphatic rings. The standard InChI is InChI=1S/C19H18FN5/c1-3-14-7-9-25-13(2)16(23-18(25)11-14)12-24-10-8-21-19(24)15-5-4-6-17(20)22-15/h4-11H,3,12H2,1-2H3. The first-order valence-electron chi connectivity index (χ1n) is 8.26. The van der Waals surface area contributed by atoms with E-state index in [2.05, 4.69) is 46.5 Å². The molecule has 126 valence electrons. The molecule has 4 aromatic heterocycles. The van der Waals surface area contributed by atoms with Gasteiger partial charge in [0.2, 0.25) is 5.95 Å². The minimum absolute atomic E-state index is 0.511. The fourth-order valence-electron chi connectivity index (χ4n) is 2.99. The van der Waals surface area contributed by atoms with Gasteiger partial charge in [0.25, 0.3) is 0 Å². The van der Waals surface area contributed by atoms with Crippen molar-refractivity contribution >= 4 is 5.65 Å². The second-order valence-corrected chi connectivity index (χ2v) is 5.98. The van der Waals surface area contributed by atoms with Crippen molar-refractivity contribution in [1.82, 2.24) is 23.9 Å². The first kappa shape index (κ1) is 15.5. The number of rotatable bonds is 4. The van der Waals surface area contributed by atoms with Crippen LogP contribution in [0.4, 0.5) is 4.39 Å². The van der Waals surface area contributed by atoms with E-state index in [0.29, 0.717) is 18.1 Å². The number of nitrogens with zero attached hydrogens (tertiary/aromatic N) is 5. The normalized spacial score (nSPS) is 11.3. The van der Waals surface area contributed by atoms with Crippen LogP contribution in [-0.4, -0.2) is 23.9 Å². The average molecular weight is 335 g/mol. The number of aromatic nitrogens is 5. The summed E-state index contributed by atoms with van der Waals surface area (Å²) < 4.78 is 17.5. The van der Waals surface area contributed by atoms with Gasteiger partial charge < -0.3 is 8.97 Å². The third kappa shape index (κ3) is 2.80. The van der Waals surface area contributed by atoms with Crippen LogP contribution in [0.25, 0.3) is 17.2 Å². The zero-order valence-corrected chi connectivity index (χ0v) is 14.1. The number of hydrogen-bond donors (Lipinski definition) is 0. The van der Waals surface area contributed by atoms with Gasteiger partial charge >= 0.3 is 0 Å². The van der Waals surface area contributed by atoms with E-state index in [1.807, 2.05) is 10.8 Å². The molecule has 0 aromatic carbocycles. The summed E-state index contributed by atoms with van der Waals surface area (Å²) in [5.74, 6) is 0.119. The van der Waals surface area contributed by atoms with E-state index in [1.165, 1.54) is 11.6 Å². The molecule has 25 heavy (non-hydrogen) atoms. The topological polar surface area (TPSA) is 48.0 Å². The number of imidazole rings is 2. The maximum atomic E-state index is 13.4. The second kappa shape index (κ2) is 6.12. The van der Waals surface area contributed by atoms with Crippen LogP contribution in [0.15, 0.2) is 48.9 Å². The van der Waals surface area contributed by atoms with Gasteiger partial charge in [0.1, 0.15) is 11.3 Å². The molecule has 6 heteroatoms. The van der Waals surface area contributed by atoms with Gasteiger partial charge in [0.05, 0.1) is 12.2 Å². The predicted molar refractivity (Wildman–Crippen MR) is 93.8 cm³/mol. The molecule has 0 radical (unpaired) electrons. The Bertz CT molecular complexity index is 1050. The van der Waals surface area contributed by atoms with Crippen LogP contribution >= 0.6 is 0 Å². The Morgan fingerprint density at radius 3 is 2.80 bits per heavy atom. The summed E-state index contributed by atoms with van der Waals surface area (Å²) >= 11 is 0. The monoisotopic (exact) mass is 335 g/mol. The van der Waals surface area contributed by atoms with Crippen molar-refractivity contribution in [2.24, 2.45) is 0 Å². The minimum atomic E-state index is -0.511. The van der Waals surface area contributed by atoms with Gasteiger partial charge in [-0.15, -0.1) is 0 Å². The molecule has 0 atom stereocenters. The molecule has 0 spiro atoms. The molecule has 0 saturated carbocycles. The van der Waals surface area contributed by atoms with Gasteiger partial charge in [-0.1, -0.05) is 13.0 Å². The molecule has 0 unspecified atom stereocenters. The molecular formula is C19H18FN5. The van der Waals surface area contributed by atoms with Gasteiger partial charge in [-0.3, -0.25) is 0 Å². The van der Waals surface area contributed by atoms with Crippen LogP contribution in [0, 0.1) is 12.9 Å². The number of pyridine rings is 2. The number of aryl methyl sites for hydroxylation is 2. The van der Waals surface area contributed by atoms with E-state index in [-0.39, 0.29) is 0 Å². The molecule has 0 fully saturated rings. The molecule has 0 aliphatic carbocycles. The summed E-state index contributed by atoms with van der Waals surface area (Å²) in [6.45, 7) is 4.74. The van der Waals surface area contributed by atoms with E-state index in [0.717, 1.165) is 23.5 Å². The molecule has 4 heterocycles. The summed E-state index contributed by atoms with van der Waals surface area (Å²) in [6, 6.07) is 8.95. The highest BCUT2D eigenvalue weighted by atomic mass is 19.1. The Morgan fingerprint density at radius 2 is 2.00 bits per heavy atom. The smallest absolute Gasteiger partial charge is 0.213 e. The molecule has 0 saturated heterocycles. The van der Waals surface area contributed by atoms with Crippen LogP contribution < -0.4 is 0 Å². The van der Waals surface area contributed by atoms with Crippen LogP contribution in [-0.2, 0) is 13.0 Å². The van der Waals surface area contributed by atoms with Gasteiger partial charge in [-0.25, -0.2) is 15.0 Å². The lowest BCUT2D eigenvalue weighted by atomic mass is 10.2. The van der Waals surface area contributed by atoms with Gasteiger partial charge in [-0.05, 0) is 43.2 Å². The lowest BCUT2D eigenvalue weighted by molar-refractivity contribution is 0.584. The fraction of sp³-hybridized carbons (Fsp3) is 0.211. The molecule has 4 rings (SSSR count). The van der Waals surface area contributed by atoms with Crippen LogP contribution in [0.2, 0.25) is 0 Å². The van der Waals surface area contributed by atoms with Crippen molar-refractivity contribution in [3.63, 3.8) is 0 Å². The second-order valence-electron chi connectivity index (χ2n) is 5.98. The van der Waals surface area contributed by atoms with Crippen molar-refractivity contribution in [2.75, 3.05) is 0 Å². The maximum absolute atomic E-state index is 13.4. The van der Waals surface area contributed by atoms with Crippen molar-refractivity contribution < 1.29 is 4.39 Å². The molecule has 0 amide bonds. The highest BCUT2D eigenvalue weighted by Gasteiger charge is 2.13. The quantitative estimate of drug-likeness (QED) is 0.535. The summed E-state index contributed by atoms with van der Waals surface area (Å²) in [5, 5.41) is 0. The van der Waals surface area contributed by atoms with Gasteiger partial charge in [0, 0.05) is 24.3 Å². The summed E-state index contributed by atoms with van der Waals surface area (Å²) in [7, 11) is 0. The minimum Gasteiger partial charge on any atom is -0.324 e. The molecule has 0 aliphatic heterocycles. The van der Waals surface area contributed by atoms with E-state index in [1.54, 1.807) is 18.3 Å². The number of fused-ring (bicyclic) bond motifs is 1.